The fourth-order valence-electron chi connectivity index (χ4n) is 2.83. The Hall–Kier alpha value is -2.71. The zero-order chi connectivity index (χ0) is 17.6. The third-order valence-electron chi connectivity index (χ3n) is 4.14. The zero-order valence-electron chi connectivity index (χ0n) is 13.6. The van der Waals surface area contributed by atoms with Gasteiger partial charge in [0.05, 0.1) is 10.9 Å². The van der Waals surface area contributed by atoms with Gasteiger partial charge in [-0.3, -0.25) is 9.59 Å². The van der Waals surface area contributed by atoms with Gasteiger partial charge in [-0.25, -0.2) is 0 Å². The van der Waals surface area contributed by atoms with E-state index in [0.717, 1.165) is 5.56 Å². The summed E-state index contributed by atoms with van der Waals surface area (Å²) < 4.78 is 0. The third kappa shape index (κ3) is 4.04. The molecule has 0 N–H and O–H groups in total. The SMILES string of the molecule is O=C(CC(C(=O)c1ccccc1)c1ccccc1)c1ccccc1Cl. The highest BCUT2D eigenvalue weighted by atomic mass is 35.5. The predicted molar refractivity (Wildman–Crippen MR) is 100 cm³/mol. The van der Waals surface area contributed by atoms with Crippen LogP contribution in [-0.2, 0) is 0 Å². The highest BCUT2D eigenvalue weighted by Gasteiger charge is 2.26. The van der Waals surface area contributed by atoms with Crippen LogP contribution in [0.3, 0.4) is 0 Å². The van der Waals surface area contributed by atoms with Gasteiger partial charge in [0.25, 0.3) is 0 Å². The van der Waals surface area contributed by atoms with Crippen LogP contribution in [0.15, 0.2) is 84.9 Å². The molecular formula is C22H17ClO2. The molecule has 2 nitrogen and oxygen atoms in total. The number of hydrogen-bond donors (Lipinski definition) is 0. The molecular weight excluding hydrogens is 332 g/mol. The Morgan fingerprint density at radius 2 is 1.32 bits per heavy atom. The van der Waals surface area contributed by atoms with E-state index in [9.17, 15) is 9.59 Å². The zero-order valence-corrected chi connectivity index (χ0v) is 14.3. The van der Waals surface area contributed by atoms with Crippen molar-refractivity contribution in [2.24, 2.45) is 0 Å². The van der Waals surface area contributed by atoms with E-state index in [1.165, 1.54) is 0 Å². The number of carbonyl (C=O) groups excluding carboxylic acids is 2. The molecule has 3 heteroatoms. The molecule has 0 radical (unpaired) electrons. The van der Waals surface area contributed by atoms with Crippen molar-refractivity contribution in [1.29, 1.82) is 0 Å². The van der Waals surface area contributed by atoms with Crippen molar-refractivity contribution in [3.8, 4) is 0 Å². The predicted octanol–water partition coefficient (Wildman–Crippen LogP) is 5.58. The lowest BCUT2D eigenvalue weighted by Crippen LogP contribution is -2.17. The van der Waals surface area contributed by atoms with Crippen LogP contribution in [0.5, 0.6) is 0 Å². The van der Waals surface area contributed by atoms with E-state index in [0.29, 0.717) is 16.1 Å². The molecule has 0 aliphatic rings. The Labute approximate surface area is 152 Å². The van der Waals surface area contributed by atoms with Crippen molar-refractivity contribution in [3.05, 3.63) is 107 Å². The number of Topliss-reactive ketones (excluding diaryl/α,β-unsaturated/α-hetero) is 2. The minimum absolute atomic E-state index is 0.0628. The molecule has 0 amide bonds. The molecule has 3 rings (SSSR count). The quantitative estimate of drug-likeness (QED) is 0.545. The molecule has 1 atom stereocenters. The molecule has 0 bridgehead atoms. The van der Waals surface area contributed by atoms with Crippen molar-refractivity contribution >= 4 is 23.2 Å². The largest absolute Gasteiger partial charge is 0.294 e. The summed E-state index contributed by atoms with van der Waals surface area (Å²) in [6.45, 7) is 0. The van der Waals surface area contributed by atoms with E-state index >= 15 is 0 Å². The topological polar surface area (TPSA) is 34.1 Å². The lowest BCUT2D eigenvalue weighted by atomic mass is 9.85. The maximum atomic E-state index is 13.0. The number of ketones is 2. The summed E-state index contributed by atoms with van der Waals surface area (Å²) in [7, 11) is 0. The van der Waals surface area contributed by atoms with Gasteiger partial charge in [0.2, 0.25) is 0 Å². The summed E-state index contributed by atoms with van der Waals surface area (Å²) in [6.07, 6.45) is 0.0848. The van der Waals surface area contributed by atoms with Crippen molar-refractivity contribution < 1.29 is 9.59 Å². The van der Waals surface area contributed by atoms with E-state index < -0.39 is 5.92 Å². The summed E-state index contributed by atoms with van der Waals surface area (Å²) in [5.41, 5.74) is 1.88. The Morgan fingerprint density at radius 3 is 1.96 bits per heavy atom. The molecule has 1 unspecified atom stereocenters. The van der Waals surface area contributed by atoms with E-state index in [1.54, 1.807) is 36.4 Å². The van der Waals surface area contributed by atoms with Gasteiger partial charge < -0.3 is 0 Å². The van der Waals surface area contributed by atoms with Gasteiger partial charge in [0.15, 0.2) is 11.6 Å². The first-order valence-corrected chi connectivity index (χ1v) is 8.46. The fourth-order valence-corrected chi connectivity index (χ4v) is 3.07. The maximum Gasteiger partial charge on any atom is 0.170 e. The van der Waals surface area contributed by atoms with Crippen LogP contribution in [0.1, 0.15) is 38.6 Å². The molecule has 124 valence electrons. The van der Waals surface area contributed by atoms with E-state index in [-0.39, 0.29) is 18.0 Å². The molecule has 3 aromatic carbocycles. The molecule has 0 saturated carbocycles. The first kappa shape index (κ1) is 17.1. The van der Waals surface area contributed by atoms with Crippen LogP contribution in [0.2, 0.25) is 5.02 Å². The van der Waals surface area contributed by atoms with E-state index in [4.69, 9.17) is 11.6 Å². The van der Waals surface area contributed by atoms with Gasteiger partial charge in [-0.1, -0.05) is 84.4 Å². The molecule has 25 heavy (non-hydrogen) atoms. The van der Waals surface area contributed by atoms with Crippen LogP contribution in [-0.4, -0.2) is 11.6 Å². The summed E-state index contributed by atoms with van der Waals surface area (Å²) in [6, 6.07) is 25.4. The third-order valence-corrected chi connectivity index (χ3v) is 4.47. The van der Waals surface area contributed by atoms with Gasteiger partial charge in [0.1, 0.15) is 0 Å². The van der Waals surface area contributed by atoms with Gasteiger partial charge >= 0.3 is 0 Å². The highest BCUT2D eigenvalue weighted by molar-refractivity contribution is 6.34. The number of halogens is 1. The standard InChI is InChI=1S/C22H17ClO2/c23-20-14-8-7-13-18(20)21(24)15-19(16-9-3-1-4-10-16)22(25)17-11-5-2-6-12-17/h1-14,19H,15H2. The highest BCUT2D eigenvalue weighted by Crippen LogP contribution is 2.28. The maximum absolute atomic E-state index is 13.0. The van der Waals surface area contributed by atoms with Crippen molar-refractivity contribution in [1.82, 2.24) is 0 Å². The molecule has 0 fully saturated rings. The molecule has 0 heterocycles. The van der Waals surface area contributed by atoms with E-state index in [1.807, 2.05) is 48.5 Å². The average molecular weight is 349 g/mol. The monoisotopic (exact) mass is 348 g/mol. The van der Waals surface area contributed by atoms with Crippen molar-refractivity contribution in [2.75, 3.05) is 0 Å². The normalized spacial score (nSPS) is 11.7. The van der Waals surface area contributed by atoms with E-state index in [2.05, 4.69) is 0 Å². The smallest absolute Gasteiger partial charge is 0.170 e. The second-order valence-electron chi connectivity index (χ2n) is 5.80. The second-order valence-corrected chi connectivity index (χ2v) is 6.21. The summed E-state index contributed by atoms with van der Waals surface area (Å²) in [5, 5.41) is 0.409. The van der Waals surface area contributed by atoms with Gasteiger partial charge in [0, 0.05) is 17.5 Å². The molecule has 0 saturated heterocycles. The Morgan fingerprint density at radius 1 is 0.760 bits per heavy atom. The molecule has 0 aliphatic heterocycles. The number of benzene rings is 3. The van der Waals surface area contributed by atoms with Gasteiger partial charge in [-0.05, 0) is 17.7 Å². The average Bonchev–Trinajstić information content (AvgIpc) is 2.67. The summed E-state index contributed by atoms with van der Waals surface area (Å²) in [4.78, 5) is 25.8. The lowest BCUT2D eigenvalue weighted by Gasteiger charge is -2.16. The van der Waals surface area contributed by atoms with Gasteiger partial charge in [-0.2, -0.15) is 0 Å². The molecule has 3 aromatic rings. The Balaban J connectivity index is 1.94. The molecule has 0 spiro atoms. The summed E-state index contributed by atoms with van der Waals surface area (Å²) in [5.74, 6) is -0.733. The van der Waals surface area contributed by atoms with Crippen molar-refractivity contribution in [3.63, 3.8) is 0 Å². The first-order chi connectivity index (χ1) is 12.2. The number of rotatable bonds is 6. The fraction of sp³-hybridized carbons (Fsp3) is 0.0909. The van der Waals surface area contributed by atoms with Crippen molar-refractivity contribution in [2.45, 2.75) is 12.3 Å². The molecule has 0 aromatic heterocycles. The minimum atomic E-state index is -0.535. The number of carbonyl (C=O) groups is 2. The Kier molecular flexibility index (Phi) is 5.42. The van der Waals surface area contributed by atoms with Crippen LogP contribution in [0.4, 0.5) is 0 Å². The lowest BCUT2D eigenvalue weighted by molar-refractivity contribution is 0.0893. The van der Waals surface area contributed by atoms with Crippen LogP contribution in [0, 0.1) is 0 Å². The summed E-state index contributed by atoms with van der Waals surface area (Å²) >= 11 is 6.14. The number of hydrogen-bond acceptors (Lipinski definition) is 2. The first-order valence-electron chi connectivity index (χ1n) is 8.09. The minimum Gasteiger partial charge on any atom is -0.294 e. The Bertz CT molecular complexity index is 873. The van der Waals surface area contributed by atoms with Crippen LogP contribution < -0.4 is 0 Å². The van der Waals surface area contributed by atoms with Crippen LogP contribution >= 0.6 is 11.6 Å². The molecule has 0 aliphatic carbocycles. The van der Waals surface area contributed by atoms with Crippen LogP contribution in [0.25, 0.3) is 0 Å². The van der Waals surface area contributed by atoms with Gasteiger partial charge in [-0.15, -0.1) is 0 Å². The second kappa shape index (κ2) is 7.91.